The van der Waals surface area contributed by atoms with Crippen LogP contribution >= 0.6 is 11.3 Å². The van der Waals surface area contributed by atoms with Crippen LogP contribution in [0.5, 0.6) is 0 Å². The van der Waals surface area contributed by atoms with Crippen LogP contribution in [-0.4, -0.2) is 54.5 Å². The highest BCUT2D eigenvalue weighted by molar-refractivity contribution is 7.10. The highest BCUT2D eigenvalue weighted by Crippen LogP contribution is 2.11. The van der Waals surface area contributed by atoms with E-state index in [0.29, 0.717) is 32.7 Å². The SMILES string of the molecule is CCNC(=O)N1CCN(C(=O)/C=C/c2cccs2)CC1. The first-order valence-corrected chi connectivity index (χ1v) is 7.62. The van der Waals surface area contributed by atoms with Crippen LogP contribution < -0.4 is 5.32 Å². The second-order valence-electron chi connectivity index (χ2n) is 4.50. The molecule has 1 aromatic rings. The summed E-state index contributed by atoms with van der Waals surface area (Å²) in [5.74, 6) is 0.00829. The molecule has 20 heavy (non-hydrogen) atoms. The number of rotatable bonds is 3. The number of hydrogen-bond donors (Lipinski definition) is 1. The maximum Gasteiger partial charge on any atom is 0.317 e. The Bertz CT molecular complexity index is 477. The molecule has 2 heterocycles. The van der Waals surface area contributed by atoms with Crippen LogP contribution in [0, 0.1) is 0 Å². The normalized spacial score (nSPS) is 15.7. The number of piperazine rings is 1. The summed E-state index contributed by atoms with van der Waals surface area (Å²) in [6.07, 6.45) is 3.44. The first-order chi connectivity index (χ1) is 9.70. The van der Waals surface area contributed by atoms with Crippen LogP contribution in [0.2, 0.25) is 0 Å². The van der Waals surface area contributed by atoms with E-state index in [1.54, 1.807) is 27.2 Å². The summed E-state index contributed by atoms with van der Waals surface area (Å²) in [4.78, 5) is 28.3. The van der Waals surface area contributed by atoms with Gasteiger partial charge in [0, 0.05) is 43.7 Å². The smallest absolute Gasteiger partial charge is 0.317 e. The van der Waals surface area contributed by atoms with Crippen molar-refractivity contribution in [3.05, 3.63) is 28.5 Å². The Morgan fingerprint density at radius 1 is 1.30 bits per heavy atom. The Balaban J connectivity index is 1.81. The molecule has 1 fully saturated rings. The number of nitrogens with one attached hydrogen (secondary N) is 1. The van der Waals surface area contributed by atoms with Gasteiger partial charge in [0.1, 0.15) is 0 Å². The van der Waals surface area contributed by atoms with Crippen molar-refractivity contribution in [3.8, 4) is 0 Å². The Morgan fingerprint density at radius 2 is 2.00 bits per heavy atom. The predicted molar refractivity (Wildman–Crippen MR) is 80.6 cm³/mol. The van der Waals surface area contributed by atoms with Gasteiger partial charge in [-0.2, -0.15) is 0 Å². The molecule has 0 aromatic carbocycles. The lowest BCUT2D eigenvalue weighted by Crippen LogP contribution is -2.52. The van der Waals surface area contributed by atoms with Gasteiger partial charge in [0.05, 0.1) is 0 Å². The lowest BCUT2D eigenvalue weighted by Gasteiger charge is -2.34. The molecule has 0 atom stereocenters. The lowest BCUT2D eigenvalue weighted by molar-refractivity contribution is -0.127. The number of thiophene rings is 1. The highest BCUT2D eigenvalue weighted by Gasteiger charge is 2.22. The molecule has 0 unspecified atom stereocenters. The zero-order valence-electron chi connectivity index (χ0n) is 11.5. The molecule has 108 valence electrons. The molecule has 0 saturated carbocycles. The maximum atomic E-state index is 12.0. The van der Waals surface area contributed by atoms with Crippen LogP contribution in [0.3, 0.4) is 0 Å². The standard InChI is InChI=1S/C14H19N3O2S/c1-2-15-14(19)17-9-7-16(8-10-17)13(18)6-5-12-4-3-11-20-12/h3-6,11H,2,7-10H2,1H3,(H,15,19)/b6-5+. The van der Waals surface area contributed by atoms with E-state index in [1.165, 1.54) is 0 Å². The van der Waals surface area contributed by atoms with Gasteiger partial charge in [0.25, 0.3) is 0 Å². The summed E-state index contributed by atoms with van der Waals surface area (Å²) in [6, 6.07) is 3.88. The van der Waals surface area contributed by atoms with Gasteiger partial charge in [-0.25, -0.2) is 4.79 Å². The van der Waals surface area contributed by atoms with Crippen LogP contribution in [-0.2, 0) is 4.79 Å². The summed E-state index contributed by atoms with van der Waals surface area (Å²) in [5, 5.41) is 4.76. The summed E-state index contributed by atoms with van der Waals surface area (Å²) in [7, 11) is 0. The third-order valence-corrected chi connectivity index (χ3v) is 3.98. The van der Waals surface area contributed by atoms with Crippen molar-refractivity contribution in [2.45, 2.75) is 6.92 Å². The fourth-order valence-corrected chi connectivity index (χ4v) is 2.66. The van der Waals surface area contributed by atoms with Crippen LogP contribution in [0.15, 0.2) is 23.6 Å². The minimum atomic E-state index is -0.0475. The van der Waals surface area contributed by atoms with Gasteiger partial charge in [0.2, 0.25) is 5.91 Å². The number of urea groups is 1. The molecule has 0 bridgehead atoms. The van der Waals surface area contributed by atoms with Gasteiger partial charge in [-0.1, -0.05) is 6.07 Å². The van der Waals surface area contributed by atoms with Crippen molar-refractivity contribution in [3.63, 3.8) is 0 Å². The Morgan fingerprint density at radius 3 is 2.60 bits per heavy atom. The molecule has 1 aliphatic rings. The number of nitrogens with zero attached hydrogens (tertiary/aromatic N) is 2. The van der Waals surface area contributed by atoms with E-state index in [9.17, 15) is 9.59 Å². The van der Waals surface area contributed by atoms with Crippen molar-refractivity contribution in [1.29, 1.82) is 0 Å². The Kier molecular flexibility index (Phi) is 5.17. The number of carbonyl (C=O) groups is 2. The second-order valence-corrected chi connectivity index (χ2v) is 5.48. The zero-order valence-corrected chi connectivity index (χ0v) is 12.4. The molecular formula is C14H19N3O2S. The molecule has 1 aromatic heterocycles. The van der Waals surface area contributed by atoms with Crippen LogP contribution in [0.4, 0.5) is 4.79 Å². The van der Waals surface area contributed by atoms with Gasteiger partial charge < -0.3 is 15.1 Å². The molecule has 0 aliphatic carbocycles. The third-order valence-electron chi connectivity index (χ3n) is 3.14. The highest BCUT2D eigenvalue weighted by atomic mass is 32.1. The van der Waals surface area contributed by atoms with Crippen molar-refractivity contribution in [2.24, 2.45) is 0 Å². The van der Waals surface area contributed by atoms with Crippen molar-refractivity contribution >= 4 is 29.4 Å². The molecule has 3 amide bonds. The predicted octanol–water partition coefficient (Wildman–Crippen LogP) is 1.63. The number of carbonyl (C=O) groups excluding carboxylic acids is 2. The molecule has 0 radical (unpaired) electrons. The fourth-order valence-electron chi connectivity index (χ4n) is 2.04. The first kappa shape index (κ1) is 14.6. The van der Waals surface area contributed by atoms with Crippen LogP contribution in [0.1, 0.15) is 11.8 Å². The van der Waals surface area contributed by atoms with Crippen molar-refractivity contribution in [1.82, 2.24) is 15.1 Å². The largest absolute Gasteiger partial charge is 0.338 e. The topological polar surface area (TPSA) is 52.7 Å². The quantitative estimate of drug-likeness (QED) is 0.861. The zero-order chi connectivity index (χ0) is 14.4. The Labute approximate surface area is 122 Å². The van der Waals surface area contributed by atoms with Gasteiger partial charge in [0.15, 0.2) is 0 Å². The number of amides is 3. The molecule has 1 aliphatic heterocycles. The number of hydrogen-bond acceptors (Lipinski definition) is 3. The van der Waals surface area contributed by atoms with Gasteiger partial charge in [-0.3, -0.25) is 4.79 Å². The van der Waals surface area contributed by atoms with E-state index in [0.717, 1.165) is 4.88 Å². The average molecular weight is 293 g/mol. The minimum absolute atomic E-state index is 0.00829. The van der Waals surface area contributed by atoms with Gasteiger partial charge in [-0.15, -0.1) is 11.3 Å². The molecule has 5 nitrogen and oxygen atoms in total. The average Bonchev–Trinajstić information content (AvgIpc) is 2.98. The van der Waals surface area contributed by atoms with Crippen molar-refractivity contribution < 1.29 is 9.59 Å². The van der Waals surface area contributed by atoms with E-state index in [2.05, 4.69) is 5.32 Å². The fraction of sp³-hybridized carbons (Fsp3) is 0.429. The van der Waals surface area contributed by atoms with E-state index < -0.39 is 0 Å². The molecular weight excluding hydrogens is 274 g/mol. The van der Waals surface area contributed by atoms with Crippen molar-refractivity contribution in [2.75, 3.05) is 32.7 Å². The third kappa shape index (κ3) is 3.84. The van der Waals surface area contributed by atoms with Gasteiger partial charge in [-0.05, 0) is 24.4 Å². The summed E-state index contributed by atoms with van der Waals surface area (Å²) in [5.41, 5.74) is 0. The molecule has 0 spiro atoms. The molecule has 1 N–H and O–H groups in total. The minimum Gasteiger partial charge on any atom is -0.338 e. The van der Waals surface area contributed by atoms with Crippen LogP contribution in [0.25, 0.3) is 6.08 Å². The Hall–Kier alpha value is -1.82. The van der Waals surface area contributed by atoms with E-state index in [1.807, 2.05) is 30.5 Å². The molecule has 6 heteroatoms. The monoisotopic (exact) mass is 293 g/mol. The molecule has 2 rings (SSSR count). The summed E-state index contributed by atoms with van der Waals surface area (Å²) >= 11 is 1.60. The van der Waals surface area contributed by atoms with E-state index in [-0.39, 0.29) is 11.9 Å². The summed E-state index contributed by atoms with van der Waals surface area (Å²) < 4.78 is 0. The lowest BCUT2D eigenvalue weighted by atomic mass is 10.3. The maximum absolute atomic E-state index is 12.0. The van der Waals surface area contributed by atoms with Gasteiger partial charge >= 0.3 is 6.03 Å². The summed E-state index contributed by atoms with van der Waals surface area (Å²) in [6.45, 7) is 4.87. The first-order valence-electron chi connectivity index (χ1n) is 6.74. The van der Waals surface area contributed by atoms with E-state index >= 15 is 0 Å². The second kappa shape index (κ2) is 7.09. The molecule has 1 saturated heterocycles. The van der Waals surface area contributed by atoms with E-state index in [4.69, 9.17) is 0 Å².